The van der Waals surface area contributed by atoms with Crippen molar-refractivity contribution in [3.05, 3.63) is 23.5 Å². The van der Waals surface area contributed by atoms with Crippen LogP contribution in [-0.2, 0) is 4.74 Å². The molecule has 9 heteroatoms. The van der Waals surface area contributed by atoms with Crippen molar-refractivity contribution < 1.29 is 9.53 Å². The maximum atomic E-state index is 11.8. The normalized spacial score (nSPS) is 16.8. The number of ether oxygens (including phenoxy) is 1. The summed E-state index contributed by atoms with van der Waals surface area (Å²) < 4.78 is 5.14. The molecule has 1 amide bonds. The quantitative estimate of drug-likeness (QED) is 0.751. The van der Waals surface area contributed by atoms with Gasteiger partial charge < -0.3 is 20.3 Å². The molecule has 9 nitrogen and oxygen atoms in total. The number of hydrogen-bond acceptors (Lipinski definition) is 7. The molecule has 1 fully saturated rings. The van der Waals surface area contributed by atoms with Crippen molar-refractivity contribution in [1.29, 1.82) is 0 Å². The van der Waals surface area contributed by atoms with Crippen molar-refractivity contribution in [2.75, 3.05) is 23.3 Å². The molecule has 0 aromatic carbocycles. The van der Waals surface area contributed by atoms with Gasteiger partial charge in [0.25, 0.3) is 0 Å². The summed E-state index contributed by atoms with van der Waals surface area (Å²) in [4.78, 5) is 22.9. The van der Waals surface area contributed by atoms with E-state index in [0.717, 1.165) is 24.4 Å². The molecule has 140 valence electrons. The largest absolute Gasteiger partial charge is 0.447 e. The Morgan fingerprint density at radius 1 is 1.31 bits per heavy atom. The molecule has 2 aromatic heterocycles. The maximum Gasteiger partial charge on any atom is 0.407 e. The maximum absolute atomic E-state index is 11.8. The minimum absolute atomic E-state index is 0.0239. The molecule has 1 saturated heterocycles. The SMILES string of the molecule is Cc1cc(Nc2cc(C)[nH]n2)nc(N2CC[C@H](NC(=O)OC(C)C)C2)n1. The molecule has 0 unspecified atom stereocenters. The number of aromatic nitrogens is 4. The van der Waals surface area contributed by atoms with Crippen LogP contribution in [0.1, 0.15) is 31.7 Å². The number of aromatic amines is 1. The summed E-state index contributed by atoms with van der Waals surface area (Å²) in [6.07, 6.45) is 0.312. The lowest BCUT2D eigenvalue weighted by molar-refractivity contribution is 0.113. The molecule has 1 aliphatic rings. The Hall–Kier alpha value is -2.84. The van der Waals surface area contributed by atoms with E-state index in [1.54, 1.807) is 0 Å². The monoisotopic (exact) mass is 359 g/mol. The van der Waals surface area contributed by atoms with Gasteiger partial charge in [0.1, 0.15) is 5.82 Å². The Balaban J connectivity index is 1.65. The highest BCUT2D eigenvalue weighted by Gasteiger charge is 2.26. The van der Waals surface area contributed by atoms with Gasteiger partial charge in [0, 0.05) is 36.6 Å². The van der Waals surface area contributed by atoms with Gasteiger partial charge in [-0.05, 0) is 34.1 Å². The Morgan fingerprint density at radius 3 is 2.81 bits per heavy atom. The second-order valence-corrected chi connectivity index (χ2v) is 6.79. The number of nitrogens with zero attached hydrogens (tertiary/aromatic N) is 4. The first-order valence-electron chi connectivity index (χ1n) is 8.76. The molecule has 3 rings (SSSR count). The molecule has 0 radical (unpaired) electrons. The molecule has 1 atom stereocenters. The number of carbonyl (C=O) groups excluding carboxylic acids is 1. The summed E-state index contributed by atoms with van der Waals surface area (Å²) in [5, 5.41) is 13.1. The van der Waals surface area contributed by atoms with Gasteiger partial charge in [-0.25, -0.2) is 9.78 Å². The third-order valence-corrected chi connectivity index (χ3v) is 3.94. The second-order valence-electron chi connectivity index (χ2n) is 6.79. The van der Waals surface area contributed by atoms with E-state index in [-0.39, 0.29) is 18.2 Å². The Bertz CT molecular complexity index is 774. The van der Waals surface area contributed by atoms with Crippen LogP contribution in [0.25, 0.3) is 0 Å². The number of alkyl carbamates (subject to hydrolysis) is 1. The van der Waals surface area contributed by atoms with E-state index in [2.05, 4.69) is 35.7 Å². The lowest BCUT2D eigenvalue weighted by Crippen LogP contribution is -2.38. The number of carbonyl (C=O) groups is 1. The molecule has 1 aliphatic heterocycles. The average molecular weight is 359 g/mol. The van der Waals surface area contributed by atoms with Crippen molar-refractivity contribution in [1.82, 2.24) is 25.5 Å². The van der Waals surface area contributed by atoms with Crippen molar-refractivity contribution in [2.24, 2.45) is 0 Å². The van der Waals surface area contributed by atoms with Gasteiger partial charge in [-0.1, -0.05) is 0 Å². The molecule has 0 saturated carbocycles. The molecular weight excluding hydrogens is 334 g/mol. The lowest BCUT2D eigenvalue weighted by atomic mass is 10.3. The van der Waals surface area contributed by atoms with Gasteiger partial charge in [0.2, 0.25) is 5.95 Å². The van der Waals surface area contributed by atoms with Crippen LogP contribution in [0.2, 0.25) is 0 Å². The van der Waals surface area contributed by atoms with E-state index in [0.29, 0.717) is 24.1 Å². The Labute approximate surface area is 152 Å². The van der Waals surface area contributed by atoms with Crippen molar-refractivity contribution in [3.63, 3.8) is 0 Å². The number of hydrogen-bond donors (Lipinski definition) is 3. The van der Waals surface area contributed by atoms with Crippen molar-refractivity contribution in [3.8, 4) is 0 Å². The summed E-state index contributed by atoms with van der Waals surface area (Å²) in [7, 11) is 0. The Kier molecular flexibility index (Phi) is 5.24. The van der Waals surface area contributed by atoms with E-state index in [1.165, 1.54) is 0 Å². The zero-order chi connectivity index (χ0) is 18.7. The molecular formula is C17H25N7O2. The molecule has 26 heavy (non-hydrogen) atoms. The van der Waals surface area contributed by atoms with Crippen LogP contribution < -0.4 is 15.5 Å². The van der Waals surface area contributed by atoms with Gasteiger partial charge >= 0.3 is 6.09 Å². The highest BCUT2D eigenvalue weighted by atomic mass is 16.6. The first kappa shape index (κ1) is 18.0. The van der Waals surface area contributed by atoms with Gasteiger partial charge in [-0.15, -0.1) is 0 Å². The van der Waals surface area contributed by atoms with E-state index in [1.807, 2.05) is 39.8 Å². The van der Waals surface area contributed by atoms with Gasteiger partial charge in [-0.2, -0.15) is 10.1 Å². The summed E-state index contributed by atoms with van der Waals surface area (Å²) in [5.41, 5.74) is 1.83. The standard InChI is InChI=1S/C17H25N7O2/c1-10(2)26-17(25)19-13-5-6-24(9-13)16-18-11(3)7-14(21-16)20-15-8-12(4)22-23-15/h7-8,10,13H,5-6,9H2,1-4H3,(H,19,25)(H2,18,20,21,22,23)/t13-/m0/s1. The molecule has 0 aliphatic carbocycles. The van der Waals surface area contributed by atoms with Crippen LogP contribution >= 0.6 is 0 Å². The predicted octanol–water partition coefficient (Wildman–Crippen LogP) is 2.27. The van der Waals surface area contributed by atoms with Crippen molar-refractivity contribution in [2.45, 2.75) is 46.3 Å². The lowest BCUT2D eigenvalue weighted by Gasteiger charge is -2.18. The summed E-state index contributed by atoms with van der Waals surface area (Å²) in [6, 6.07) is 3.81. The van der Waals surface area contributed by atoms with E-state index >= 15 is 0 Å². The van der Waals surface area contributed by atoms with Crippen LogP contribution in [0.5, 0.6) is 0 Å². The fourth-order valence-corrected chi connectivity index (χ4v) is 2.85. The van der Waals surface area contributed by atoms with Crippen LogP contribution in [-0.4, -0.2) is 51.5 Å². The first-order valence-corrected chi connectivity index (χ1v) is 8.76. The molecule has 3 heterocycles. The van der Waals surface area contributed by atoms with Gasteiger partial charge in [0.05, 0.1) is 12.1 Å². The third-order valence-electron chi connectivity index (χ3n) is 3.94. The minimum atomic E-state index is -0.381. The third kappa shape index (κ3) is 4.62. The summed E-state index contributed by atoms with van der Waals surface area (Å²) in [6.45, 7) is 8.95. The highest BCUT2D eigenvalue weighted by molar-refractivity contribution is 5.68. The smallest absolute Gasteiger partial charge is 0.407 e. The molecule has 3 N–H and O–H groups in total. The zero-order valence-corrected chi connectivity index (χ0v) is 15.5. The first-order chi connectivity index (χ1) is 12.4. The van der Waals surface area contributed by atoms with E-state index in [9.17, 15) is 4.79 Å². The topological polar surface area (TPSA) is 108 Å². The van der Waals surface area contributed by atoms with Crippen LogP contribution in [0.3, 0.4) is 0 Å². The average Bonchev–Trinajstić information content (AvgIpc) is 3.15. The van der Waals surface area contributed by atoms with Crippen LogP contribution in [0, 0.1) is 13.8 Å². The number of amides is 1. The molecule has 0 spiro atoms. The fourth-order valence-electron chi connectivity index (χ4n) is 2.85. The summed E-state index contributed by atoms with van der Waals surface area (Å²) >= 11 is 0. The number of anilines is 3. The number of rotatable bonds is 5. The number of aryl methyl sites for hydroxylation is 2. The predicted molar refractivity (Wildman–Crippen MR) is 98.7 cm³/mol. The number of H-pyrrole nitrogens is 1. The second kappa shape index (κ2) is 7.59. The Morgan fingerprint density at radius 2 is 2.12 bits per heavy atom. The highest BCUT2D eigenvalue weighted by Crippen LogP contribution is 2.21. The van der Waals surface area contributed by atoms with E-state index in [4.69, 9.17) is 4.74 Å². The van der Waals surface area contributed by atoms with E-state index < -0.39 is 0 Å². The fraction of sp³-hybridized carbons (Fsp3) is 0.529. The zero-order valence-electron chi connectivity index (χ0n) is 15.5. The van der Waals surface area contributed by atoms with Crippen molar-refractivity contribution >= 4 is 23.7 Å². The van der Waals surface area contributed by atoms with Crippen LogP contribution in [0.4, 0.5) is 22.4 Å². The van der Waals surface area contributed by atoms with Crippen LogP contribution in [0.15, 0.2) is 12.1 Å². The minimum Gasteiger partial charge on any atom is -0.447 e. The summed E-state index contributed by atoms with van der Waals surface area (Å²) in [5.74, 6) is 2.04. The van der Waals surface area contributed by atoms with Gasteiger partial charge in [-0.3, -0.25) is 5.10 Å². The van der Waals surface area contributed by atoms with Gasteiger partial charge in [0.15, 0.2) is 5.82 Å². The molecule has 2 aromatic rings. The molecule has 0 bridgehead atoms. The number of nitrogens with one attached hydrogen (secondary N) is 3.